The van der Waals surface area contributed by atoms with E-state index in [9.17, 15) is 9.59 Å². The van der Waals surface area contributed by atoms with Gasteiger partial charge in [-0.3, -0.25) is 4.79 Å². The molecule has 2 atom stereocenters. The molecule has 0 fully saturated rings. The lowest BCUT2D eigenvalue weighted by molar-refractivity contribution is -0.129. The molecule has 8 heteroatoms. The number of benzene rings is 2. The van der Waals surface area contributed by atoms with Crippen LogP contribution in [0.3, 0.4) is 0 Å². The molecule has 0 radical (unpaired) electrons. The van der Waals surface area contributed by atoms with Crippen LogP contribution in [0, 0.1) is 0 Å². The molecule has 0 aliphatic carbocycles. The van der Waals surface area contributed by atoms with Crippen LogP contribution >= 0.6 is 0 Å². The maximum Gasteiger partial charge on any atom is 0.338 e. The molecule has 1 N–H and O–H groups in total. The Labute approximate surface area is 168 Å². The zero-order valence-electron chi connectivity index (χ0n) is 16.4. The number of nitrogens with one attached hydrogen (secondary N) is 1. The first kappa shape index (κ1) is 20.2. The molecule has 0 saturated carbocycles. The number of hydrogen-bond acceptors (Lipinski definition) is 6. The Morgan fingerprint density at radius 1 is 1.10 bits per heavy atom. The minimum Gasteiger partial charge on any atom is -0.449 e. The van der Waals surface area contributed by atoms with E-state index in [-0.39, 0.29) is 11.8 Å². The molecule has 29 heavy (non-hydrogen) atoms. The van der Waals surface area contributed by atoms with Crippen LogP contribution in [0.4, 0.5) is 0 Å². The van der Waals surface area contributed by atoms with E-state index < -0.39 is 12.1 Å². The van der Waals surface area contributed by atoms with Crippen molar-refractivity contribution in [3.05, 3.63) is 72.1 Å². The minimum absolute atomic E-state index is 0.210. The van der Waals surface area contributed by atoms with Gasteiger partial charge in [0, 0.05) is 12.5 Å². The summed E-state index contributed by atoms with van der Waals surface area (Å²) >= 11 is 0. The van der Waals surface area contributed by atoms with Crippen LogP contribution in [0.1, 0.15) is 42.1 Å². The van der Waals surface area contributed by atoms with E-state index in [0.29, 0.717) is 17.8 Å². The molecule has 1 amide bonds. The second kappa shape index (κ2) is 9.59. The highest BCUT2D eigenvalue weighted by Crippen LogP contribution is 2.18. The average molecular weight is 393 g/mol. The van der Waals surface area contributed by atoms with Gasteiger partial charge in [-0.2, -0.15) is 0 Å². The summed E-state index contributed by atoms with van der Waals surface area (Å²) in [7, 11) is 0. The number of carbonyl (C=O) groups excluding carboxylic acids is 2. The maximum atomic E-state index is 12.4. The van der Waals surface area contributed by atoms with E-state index >= 15 is 0 Å². The Morgan fingerprint density at radius 2 is 1.83 bits per heavy atom. The molecule has 1 aromatic heterocycles. The second-order valence-electron chi connectivity index (χ2n) is 6.61. The van der Waals surface area contributed by atoms with E-state index in [4.69, 9.17) is 4.74 Å². The summed E-state index contributed by atoms with van der Waals surface area (Å²) in [6, 6.07) is 16.6. The van der Waals surface area contributed by atoms with E-state index in [1.165, 1.54) is 16.6 Å². The number of hydrogen-bond donors (Lipinski definition) is 1. The average Bonchev–Trinajstić information content (AvgIpc) is 3.30. The van der Waals surface area contributed by atoms with E-state index in [0.717, 1.165) is 6.42 Å². The summed E-state index contributed by atoms with van der Waals surface area (Å²) in [5, 5.41) is 13.8. The van der Waals surface area contributed by atoms with Gasteiger partial charge in [0.25, 0.3) is 5.91 Å². The number of rotatable bonds is 8. The molecule has 0 saturated heterocycles. The number of nitrogens with zero attached hydrogens (tertiary/aromatic N) is 4. The topological polar surface area (TPSA) is 99.0 Å². The van der Waals surface area contributed by atoms with Crippen molar-refractivity contribution in [2.75, 3.05) is 6.54 Å². The van der Waals surface area contributed by atoms with Gasteiger partial charge >= 0.3 is 5.97 Å². The molecular formula is C21H23N5O3. The standard InChI is InChI=1S/C21H23N5O3/c1-3-16(17-7-5-4-6-8-17)13-22-20(27)15(2)29-21(28)18-9-11-19(12-10-18)26-14-23-24-25-26/h4-12,14-16H,3,13H2,1-2H3,(H,22,27)/t15-,16-/m0/s1. The van der Waals surface area contributed by atoms with Crippen molar-refractivity contribution >= 4 is 11.9 Å². The van der Waals surface area contributed by atoms with Crippen molar-refractivity contribution in [1.29, 1.82) is 0 Å². The zero-order chi connectivity index (χ0) is 20.6. The lowest BCUT2D eigenvalue weighted by Crippen LogP contribution is -2.38. The summed E-state index contributed by atoms with van der Waals surface area (Å²) in [6.07, 6.45) is 1.46. The Kier molecular flexibility index (Phi) is 6.67. The molecule has 3 aromatic rings. The third kappa shape index (κ3) is 5.25. The van der Waals surface area contributed by atoms with Gasteiger partial charge in [-0.25, -0.2) is 9.48 Å². The van der Waals surface area contributed by atoms with Crippen LogP contribution in [0.2, 0.25) is 0 Å². The zero-order valence-corrected chi connectivity index (χ0v) is 16.4. The molecule has 2 aromatic carbocycles. The summed E-state index contributed by atoms with van der Waals surface area (Å²) in [4.78, 5) is 24.7. The van der Waals surface area contributed by atoms with Crippen LogP contribution in [-0.2, 0) is 9.53 Å². The van der Waals surface area contributed by atoms with Crippen molar-refractivity contribution in [2.24, 2.45) is 0 Å². The molecule has 0 aliphatic heterocycles. The van der Waals surface area contributed by atoms with E-state index in [2.05, 4.69) is 27.8 Å². The molecule has 8 nitrogen and oxygen atoms in total. The quantitative estimate of drug-likeness (QED) is 0.591. The fraction of sp³-hybridized carbons (Fsp3) is 0.286. The van der Waals surface area contributed by atoms with Crippen LogP contribution in [0.15, 0.2) is 60.9 Å². The van der Waals surface area contributed by atoms with Crippen LogP contribution < -0.4 is 5.32 Å². The Balaban J connectivity index is 1.53. The van der Waals surface area contributed by atoms with Gasteiger partial charge in [-0.1, -0.05) is 37.3 Å². The number of carbonyl (C=O) groups is 2. The predicted octanol–water partition coefficient (Wildman–Crippen LogP) is 2.52. The molecule has 0 unspecified atom stereocenters. The van der Waals surface area contributed by atoms with E-state index in [1.54, 1.807) is 31.2 Å². The fourth-order valence-electron chi connectivity index (χ4n) is 2.90. The molecule has 1 heterocycles. The largest absolute Gasteiger partial charge is 0.449 e. The van der Waals surface area contributed by atoms with Gasteiger partial charge in [0.2, 0.25) is 0 Å². The molecule has 0 bridgehead atoms. The van der Waals surface area contributed by atoms with E-state index in [1.807, 2.05) is 30.3 Å². The van der Waals surface area contributed by atoms with Gasteiger partial charge in [0.05, 0.1) is 11.3 Å². The van der Waals surface area contributed by atoms with Crippen LogP contribution in [0.25, 0.3) is 5.69 Å². The normalized spacial score (nSPS) is 12.8. The van der Waals surface area contributed by atoms with Crippen molar-refractivity contribution in [1.82, 2.24) is 25.5 Å². The highest BCUT2D eigenvalue weighted by molar-refractivity contribution is 5.92. The maximum absolute atomic E-state index is 12.4. The Morgan fingerprint density at radius 3 is 2.45 bits per heavy atom. The Hall–Kier alpha value is -3.55. The summed E-state index contributed by atoms with van der Waals surface area (Å²) in [6.45, 7) is 4.13. The van der Waals surface area contributed by atoms with Gasteiger partial charge in [0.1, 0.15) is 6.33 Å². The van der Waals surface area contributed by atoms with Crippen LogP contribution in [-0.4, -0.2) is 44.7 Å². The van der Waals surface area contributed by atoms with Crippen LogP contribution in [0.5, 0.6) is 0 Å². The second-order valence-corrected chi connectivity index (χ2v) is 6.61. The van der Waals surface area contributed by atoms with Gasteiger partial charge in [0.15, 0.2) is 6.10 Å². The third-order valence-corrected chi connectivity index (χ3v) is 4.66. The fourth-order valence-corrected chi connectivity index (χ4v) is 2.90. The van der Waals surface area contributed by atoms with Gasteiger partial charge in [-0.15, -0.1) is 5.10 Å². The number of aromatic nitrogens is 4. The highest BCUT2D eigenvalue weighted by Gasteiger charge is 2.20. The predicted molar refractivity (Wildman–Crippen MR) is 107 cm³/mol. The SMILES string of the molecule is CC[C@@H](CNC(=O)[C@H](C)OC(=O)c1ccc(-n2cnnn2)cc1)c1ccccc1. The van der Waals surface area contributed by atoms with Crippen molar-refractivity contribution in [3.8, 4) is 5.69 Å². The lowest BCUT2D eigenvalue weighted by atomic mass is 9.96. The molecule has 0 spiro atoms. The molecule has 150 valence electrons. The summed E-state index contributed by atoms with van der Waals surface area (Å²) in [5.41, 5.74) is 2.23. The van der Waals surface area contributed by atoms with Crippen molar-refractivity contribution < 1.29 is 14.3 Å². The minimum atomic E-state index is -0.894. The third-order valence-electron chi connectivity index (χ3n) is 4.66. The number of ether oxygens (including phenoxy) is 1. The monoisotopic (exact) mass is 393 g/mol. The van der Waals surface area contributed by atoms with Crippen molar-refractivity contribution in [3.63, 3.8) is 0 Å². The highest BCUT2D eigenvalue weighted by atomic mass is 16.5. The Bertz CT molecular complexity index is 927. The van der Waals surface area contributed by atoms with Gasteiger partial charge < -0.3 is 10.1 Å². The lowest BCUT2D eigenvalue weighted by Gasteiger charge is -2.18. The summed E-state index contributed by atoms with van der Waals surface area (Å²) in [5.74, 6) is -0.675. The molecule has 0 aliphatic rings. The smallest absolute Gasteiger partial charge is 0.338 e. The molecule has 3 rings (SSSR count). The van der Waals surface area contributed by atoms with Crippen molar-refractivity contribution in [2.45, 2.75) is 32.3 Å². The first-order chi connectivity index (χ1) is 14.1. The summed E-state index contributed by atoms with van der Waals surface area (Å²) < 4.78 is 6.78. The number of amides is 1. The first-order valence-electron chi connectivity index (χ1n) is 9.45. The first-order valence-corrected chi connectivity index (χ1v) is 9.45. The number of esters is 1. The molecular weight excluding hydrogens is 370 g/mol. The van der Waals surface area contributed by atoms with Gasteiger partial charge in [-0.05, 0) is 53.6 Å². The number of tetrazole rings is 1.